The topological polar surface area (TPSA) is 4.93 Å². The van der Waals surface area contributed by atoms with E-state index in [2.05, 4.69) is 11.0 Å². The summed E-state index contributed by atoms with van der Waals surface area (Å²) in [5.74, 6) is 0. The summed E-state index contributed by atoms with van der Waals surface area (Å²) in [6.45, 7) is 0. The van der Waals surface area contributed by atoms with E-state index < -0.39 is 0 Å². The Balaban J connectivity index is 2.28. The lowest BCUT2D eigenvalue weighted by molar-refractivity contribution is 0.955. The Morgan fingerprint density at radius 3 is 2.50 bits per heavy atom. The van der Waals surface area contributed by atoms with Gasteiger partial charge >= 0.3 is 0 Å². The van der Waals surface area contributed by atoms with Gasteiger partial charge < -0.3 is 4.57 Å². The van der Waals surface area contributed by atoms with Gasteiger partial charge in [-0.1, -0.05) is 0 Å². The highest BCUT2D eigenvalue weighted by Gasteiger charge is 2.24. The second-order valence-electron chi connectivity index (χ2n) is 1.89. The van der Waals surface area contributed by atoms with E-state index in [1.54, 1.807) is 0 Å². The summed E-state index contributed by atoms with van der Waals surface area (Å²) in [6.07, 6.45) is 8.24. The maximum atomic E-state index is 3.12. The Bertz CT molecular complexity index is 161. The largest absolute Gasteiger partial charge is 0.345 e. The fourth-order valence-electron chi connectivity index (χ4n) is 0.737. The highest BCUT2D eigenvalue weighted by molar-refractivity contribution is 5.25. The van der Waals surface area contributed by atoms with Crippen molar-refractivity contribution in [3.8, 4) is 0 Å². The molecule has 39 valence electrons. The molecule has 1 heterocycles. The van der Waals surface area contributed by atoms with Crippen molar-refractivity contribution >= 4 is 0 Å². The van der Waals surface area contributed by atoms with Crippen molar-refractivity contribution in [2.45, 2.75) is 6.42 Å². The van der Waals surface area contributed by atoms with Gasteiger partial charge in [-0.15, -0.1) is 0 Å². The van der Waals surface area contributed by atoms with Gasteiger partial charge in [-0.2, -0.15) is 0 Å². The highest BCUT2D eigenvalue weighted by atomic mass is 15.0. The lowest BCUT2D eigenvalue weighted by Gasteiger charge is -1.91. The second-order valence-corrected chi connectivity index (χ2v) is 1.89. The molecule has 1 aliphatic carbocycles. The van der Waals surface area contributed by atoms with Crippen LogP contribution in [-0.2, 0) is 0 Å². The summed E-state index contributed by atoms with van der Waals surface area (Å²) in [5, 5.41) is 0. The van der Waals surface area contributed by atoms with Crippen molar-refractivity contribution in [3.05, 3.63) is 37.0 Å². The van der Waals surface area contributed by atoms with Crippen LogP contribution in [0.15, 0.2) is 24.5 Å². The highest BCUT2D eigenvalue weighted by Crippen LogP contribution is 2.31. The number of hydrogen-bond donors (Lipinski definition) is 0. The quantitative estimate of drug-likeness (QED) is 0.507. The van der Waals surface area contributed by atoms with Gasteiger partial charge in [-0.25, -0.2) is 0 Å². The molecule has 1 saturated carbocycles. The van der Waals surface area contributed by atoms with Gasteiger partial charge in [0.1, 0.15) is 0 Å². The second kappa shape index (κ2) is 1.38. The molecule has 1 aliphatic rings. The molecule has 0 N–H and O–H groups in total. The first-order valence-electron chi connectivity index (χ1n) is 2.70. The molecular formula is C7H6N. The molecule has 3 radical (unpaired) electrons. The summed E-state index contributed by atoms with van der Waals surface area (Å²) in [4.78, 5) is 0. The van der Waals surface area contributed by atoms with E-state index in [-0.39, 0.29) is 0 Å². The first-order chi connectivity index (χ1) is 3.97. The molecule has 0 spiro atoms. The van der Waals surface area contributed by atoms with Gasteiger partial charge in [0.15, 0.2) is 0 Å². The predicted molar refractivity (Wildman–Crippen MR) is 30.9 cm³/mol. The van der Waals surface area contributed by atoms with Crippen molar-refractivity contribution < 1.29 is 0 Å². The minimum absolute atomic E-state index is 1.05. The fraction of sp³-hybridized carbons (Fsp3) is 0.143. The lowest BCUT2D eigenvalue weighted by Crippen LogP contribution is -1.86. The van der Waals surface area contributed by atoms with Crippen molar-refractivity contribution in [3.63, 3.8) is 0 Å². The molecule has 8 heavy (non-hydrogen) atoms. The maximum absolute atomic E-state index is 3.12. The van der Waals surface area contributed by atoms with Crippen molar-refractivity contribution in [2.24, 2.45) is 0 Å². The zero-order valence-corrected chi connectivity index (χ0v) is 4.46. The molecule has 1 fully saturated rings. The van der Waals surface area contributed by atoms with Crippen LogP contribution in [0.4, 0.5) is 0 Å². The summed E-state index contributed by atoms with van der Waals surface area (Å²) in [6, 6.07) is 5.34. The number of hydrogen-bond acceptors (Lipinski definition) is 0. The fourth-order valence-corrected chi connectivity index (χ4v) is 0.737. The first-order valence-corrected chi connectivity index (χ1v) is 2.70. The maximum Gasteiger partial charge on any atom is 0.0756 e. The van der Waals surface area contributed by atoms with Crippen molar-refractivity contribution in [1.29, 1.82) is 0 Å². The van der Waals surface area contributed by atoms with Crippen LogP contribution in [0, 0.1) is 12.5 Å². The standard InChI is InChI=1S/C7H6N/c1-2-6-8(5-1)7-3-4-7/h1-2,5-6H,3H2. The third-order valence-electron chi connectivity index (χ3n) is 1.25. The molecule has 1 aromatic rings. The predicted octanol–water partition coefficient (Wildman–Crippen LogP) is 1.35. The molecule has 2 rings (SSSR count). The van der Waals surface area contributed by atoms with E-state index in [1.165, 1.54) is 6.04 Å². The Hall–Kier alpha value is -0.720. The molecule has 0 aliphatic heterocycles. The lowest BCUT2D eigenvalue weighted by atomic mass is 10.7. The van der Waals surface area contributed by atoms with Crippen LogP contribution in [0.2, 0.25) is 0 Å². The average molecular weight is 104 g/mol. The van der Waals surface area contributed by atoms with Gasteiger partial charge in [0.25, 0.3) is 0 Å². The van der Waals surface area contributed by atoms with Gasteiger partial charge in [0, 0.05) is 18.8 Å². The van der Waals surface area contributed by atoms with Crippen LogP contribution in [0.25, 0.3) is 0 Å². The molecule has 0 saturated heterocycles. The molecule has 1 nitrogen and oxygen atoms in total. The Kier molecular flexibility index (Phi) is 0.720. The molecule has 0 aromatic carbocycles. The summed E-state index contributed by atoms with van der Waals surface area (Å²) >= 11 is 0. The zero-order valence-electron chi connectivity index (χ0n) is 4.46. The van der Waals surface area contributed by atoms with Gasteiger partial charge in [0.2, 0.25) is 0 Å². The minimum atomic E-state index is 1.05. The normalized spacial score (nSPS) is 19.0. The SMILES string of the molecule is [C]1C[C]1n1cccc1. The smallest absolute Gasteiger partial charge is 0.0756 e. The number of aromatic nitrogens is 1. The van der Waals surface area contributed by atoms with E-state index >= 15 is 0 Å². The summed E-state index contributed by atoms with van der Waals surface area (Å²) in [7, 11) is 0. The summed E-state index contributed by atoms with van der Waals surface area (Å²) in [5.41, 5.74) is 0. The van der Waals surface area contributed by atoms with Crippen LogP contribution in [0.1, 0.15) is 6.42 Å². The van der Waals surface area contributed by atoms with Crippen molar-refractivity contribution in [1.82, 2.24) is 4.57 Å². The van der Waals surface area contributed by atoms with E-state index in [0.717, 1.165) is 6.42 Å². The van der Waals surface area contributed by atoms with Crippen LogP contribution >= 0.6 is 0 Å². The third kappa shape index (κ3) is 0.548. The third-order valence-corrected chi connectivity index (χ3v) is 1.25. The zero-order chi connectivity index (χ0) is 5.40. The average Bonchev–Trinajstić information content (AvgIpc) is 2.49. The minimum Gasteiger partial charge on any atom is -0.345 e. The van der Waals surface area contributed by atoms with Crippen LogP contribution in [0.5, 0.6) is 0 Å². The van der Waals surface area contributed by atoms with E-state index in [9.17, 15) is 0 Å². The molecule has 1 heteroatoms. The van der Waals surface area contributed by atoms with Crippen LogP contribution < -0.4 is 0 Å². The summed E-state index contributed by atoms with van der Waals surface area (Å²) < 4.78 is 2.08. The molecule has 0 bridgehead atoms. The number of nitrogens with zero attached hydrogens (tertiary/aromatic N) is 1. The first kappa shape index (κ1) is 4.19. The van der Waals surface area contributed by atoms with Crippen LogP contribution in [0.3, 0.4) is 0 Å². The number of rotatable bonds is 1. The van der Waals surface area contributed by atoms with Gasteiger partial charge in [0.05, 0.1) is 6.04 Å². The molecule has 0 unspecified atom stereocenters. The monoisotopic (exact) mass is 104 g/mol. The molecule has 0 amide bonds. The van der Waals surface area contributed by atoms with E-state index in [0.29, 0.717) is 0 Å². The Labute approximate surface area is 48.9 Å². The van der Waals surface area contributed by atoms with E-state index in [4.69, 9.17) is 0 Å². The van der Waals surface area contributed by atoms with Gasteiger partial charge in [-0.3, -0.25) is 0 Å². The van der Waals surface area contributed by atoms with Crippen LogP contribution in [-0.4, -0.2) is 4.57 Å². The van der Waals surface area contributed by atoms with Crippen molar-refractivity contribution in [2.75, 3.05) is 0 Å². The molecule has 1 aromatic heterocycles. The van der Waals surface area contributed by atoms with Gasteiger partial charge in [-0.05, 0) is 18.6 Å². The molecule has 0 atom stereocenters. The Morgan fingerprint density at radius 2 is 2.00 bits per heavy atom. The Morgan fingerprint density at radius 1 is 1.38 bits per heavy atom. The van der Waals surface area contributed by atoms with E-state index in [1.807, 2.05) is 24.5 Å². The molecular weight excluding hydrogens is 98.1 g/mol.